The molecule has 0 saturated carbocycles. The molecule has 1 aliphatic heterocycles. The molecule has 1 fully saturated rings. The molecule has 0 unspecified atom stereocenters. The lowest BCUT2D eigenvalue weighted by atomic mass is 10.3. The van der Waals surface area contributed by atoms with Gasteiger partial charge in [-0.25, -0.2) is 8.42 Å². The molecule has 1 aliphatic rings. The summed E-state index contributed by atoms with van der Waals surface area (Å²) in [6.45, 7) is 1.04. The van der Waals surface area contributed by atoms with E-state index in [4.69, 9.17) is 5.73 Å². The van der Waals surface area contributed by atoms with E-state index in [9.17, 15) is 13.2 Å². The standard InChI is InChI=1S/C12H17N3O3S/c13-10-1-3-11(4-2-10)14-12(16)9-15-5-7-19(17,18)8-6-15/h1-4H,5-9,13H2,(H,14,16). The summed E-state index contributed by atoms with van der Waals surface area (Å²) in [6.07, 6.45) is 0. The van der Waals surface area contributed by atoms with Crippen molar-refractivity contribution in [2.75, 3.05) is 42.2 Å². The monoisotopic (exact) mass is 283 g/mol. The number of hydrogen-bond donors (Lipinski definition) is 2. The number of carbonyl (C=O) groups is 1. The zero-order valence-electron chi connectivity index (χ0n) is 10.5. The van der Waals surface area contributed by atoms with Crippen molar-refractivity contribution in [1.29, 1.82) is 0 Å². The van der Waals surface area contributed by atoms with Crippen molar-refractivity contribution in [3.63, 3.8) is 0 Å². The Morgan fingerprint density at radius 1 is 1.21 bits per heavy atom. The lowest BCUT2D eigenvalue weighted by molar-refractivity contribution is -0.117. The van der Waals surface area contributed by atoms with Crippen LogP contribution in [-0.2, 0) is 14.6 Å². The highest BCUT2D eigenvalue weighted by molar-refractivity contribution is 7.91. The summed E-state index contributed by atoms with van der Waals surface area (Å²) in [5.41, 5.74) is 6.88. The Hall–Kier alpha value is -1.60. The van der Waals surface area contributed by atoms with E-state index in [0.29, 0.717) is 24.5 Å². The number of amides is 1. The number of rotatable bonds is 3. The van der Waals surface area contributed by atoms with Crippen LogP contribution in [0.2, 0.25) is 0 Å². The first-order valence-corrected chi connectivity index (χ1v) is 7.85. The van der Waals surface area contributed by atoms with Gasteiger partial charge in [-0.15, -0.1) is 0 Å². The van der Waals surface area contributed by atoms with Crippen molar-refractivity contribution >= 4 is 27.1 Å². The Bertz CT molecular complexity index is 540. The summed E-state index contributed by atoms with van der Waals surface area (Å²) in [5, 5.41) is 2.75. The van der Waals surface area contributed by atoms with Crippen LogP contribution in [0.3, 0.4) is 0 Å². The number of benzene rings is 1. The Labute approximate surface area is 112 Å². The molecule has 6 nitrogen and oxygen atoms in total. The molecule has 0 spiro atoms. The van der Waals surface area contributed by atoms with Crippen molar-refractivity contribution < 1.29 is 13.2 Å². The highest BCUT2D eigenvalue weighted by Gasteiger charge is 2.22. The van der Waals surface area contributed by atoms with Gasteiger partial charge >= 0.3 is 0 Å². The summed E-state index contributed by atoms with van der Waals surface area (Å²) in [5.74, 6) is 0.105. The van der Waals surface area contributed by atoms with Crippen LogP contribution in [0.1, 0.15) is 0 Å². The second-order valence-electron chi connectivity index (χ2n) is 4.60. The van der Waals surface area contributed by atoms with E-state index in [1.165, 1.54) is 0 Å². The van der Waals surface area contributed by atoms with Crippen LogP contribution < -0.4 is 11.1 Å². The largest absolute Gasteiger partial charge is 0.399 e. The lowest BCUT2D eigenvalue weighted by Crippen LogP contribution is -2.43. The van der Waals surface area contributed by atoms with Gasteiger partial charge in [0, 0.05) is 24.5 Å². The fourth-order valence-electron chi connectivity index (χ4n) is 1.88. The summed E-state index contributed by atoms with van der Waals surface area (Å²) >= 11 is 0. The average Bonchev–Trinajstić information content (AvgIpc) is 2.35. The van der Waals surface area contributed by atoms with Crippen molar-refractivity contribution in [2.45, 2.75) is 0 Å². The molecule has 0 radical (unpaired) electrons. The summed E-state index contributed by atoms with van der Waals surface area (Å²) < 4.78 is 22.5. The summed E-state index contributed by atoms with van der Waals surface area (Å²) in [7, 11) is -2.90. The molecule has 0 aliphatic carbocycles. The predicted molar refractivity (Wildman–Crippen MR) is 74.6 cm³/mol. The number of nitrogen functional groups attached to an aromatic ring is 1. The Morgan fingerprint density at radius 2 is 1.79 bits per heavy atom. The number of hydrogen-bond acceptors (Lipinski definition) is 5. The average molecular weight is 283 g/mol. The quantitative estimate of drug-likeness (QED) is 0.758. The third-order valence-electron chi connectivity index (χ3n) is 3.00. The fourth-order valence-corrected chi connectivity index (χ4v) is 3.16. The van der Waals surface area contributed by atoms with Gasteiger partial charge in [-0.05, 0) is 24.3 Å². The number of nitrogens with one attached hydrogen (secondary N) is 1. The minimum atomic E-state index is -2.90. The molecule has 2 rings (SSSR count). The zero-order chi connectivity index (χ0) is 13.9. The normalized spacial score (nSPS) is 18.9. The summed E-state index contributed by atoms with van der Waals surface area (Å²) in [4.78, 5) is 13.6. The van der Waals surface area contributed by atoms with Gasteiger partial charge < -0.3 is 11.1 Å². The smallest absolute Gasteiger partial charge is 0.238 e. The topological polar surface area (TPSA) is 92.5 Å². The van der Waals surface area contributed by atoms with Crippen molar-refractivity contribution in [2.24, 2.45) is 0 Å². The third kappa shape index (κ3) is 4.22. The van der Waals surface area contributed by atoms with Gasteiger partial charge in [-0.2, -0.15) is 0 Å². The summed E-state index contributed by atoms with van der Waals surface area (Å²) in [6, 6.07) is 6.88. The molecule has 0 bridgehead atoms. The second kappa shape index (κ2) is 5.58. The van der Waals surface area contributed by atoms with Gasteiger partial charge in [0.1, 0.15) is 0 Å². The molecule has 1 saturated heterocycles. The molecule has 0 atom stereocenters. The SMILES string of the molecule is Nc1ccc(NC(=O)CN2CCS(=O)(=O)CC2)cc1. The minimum absolute atomic E-state index is 0.127. The van der Waals surface area contributed by atoms with E-state index in [0.717, 1.165) is 0 Å². The van der Waals surface area contributed by atoms with Crippen LogP contribution in [0.5, 0.6) is 0 Å². The number of sulfone groups is 1. The van der Waals surface area contributed by atoms with E-state index < -0.39 is 9.84 Å². The van der Waals surface area contributed by atoms with Crippen molar-refractivity contribution in [3.8, 4) is 0 Å². The van der Waals surface area contributed by atoms with E-state index >= 15 is 0 Å². The number of nitrogens with zero attached hydrogens (tertiary/aromatic N) is 1. The number of carbonyl (C=O) groups excluding carboxylic acids is 1. The highest BCUT2D eigenvalue weighted by Crippen LogP contribution is 2.10. The maximum absolute atomic E-state index is 11.8. The minimum Gasteiger partial charge on any atom is -0.399 e. The number of anilines is 2. The molecule has 1 amide bonds. The molecule has 19 heavy (non-hydrogen) atoms. The zero-order valence-corrected chi connectivity index (χ0v) is 11.3. The van der Waals surface area contributed by atoms with Crippen LogP contribution in [-0.4, -0.2) is 50.4 Å². The van der Waals surface area contributed by atoms with Gasteiger partial charge in [-0.3, -0.25) is 9.69 Å². The van der Waals surface area contributed by atoms with Crippen molar-refractivity contribution in [3.05, 3.63) is 24.3 Å². The molecule has 104 valence electrons. The van der Waals surface area contributed by atoms with Gasteiger partial charge in [0.15, 0.2) is 9.84 Å². The molecule has 1 aromatic rings. The van der Waals surface area contributed by atoms with Crippen LogP contribution in [0.15, 0.2) is 24.3 Å². The fraction of sp³-hybridized carbons (Fsp3) is 0.417. The van der Waals surface area contributed by atoms with E-state index in [1.54, 1.807) is 24.3 Å². The predicted octanol–water partition coefficient (Wildman–Crippen LogP) is -0.0623. The van der Waals surface area contributed by atoms with Crippen LogP contribution >= 0.6 is 0 Å². The van der Waals surface area contributed by atoms with Crippen molar-refractivity contribution in [1.82, 2.24) is 4.90 Å². The lowest BCUT2D eigenvalue weighted by Gasteiger charge is -2.25. The molecule has 3 N–H and O–H groups in total. The van der Waals surface area contributed by atoms with Gasteiger partial charge in [0.25, 0.3) is 0 Å². The highest BCUT2D eigenvalue weighted by atomic mass is 32.2. The molecule has 7 heteroatoms. The van der Waals surface area contributed by atoms with Crippen LogP contribution in [0, 0.1) is 0 Å². The van der Waals surface area contributed by atoms with E-state index in [1.807, 2.05) is 4.90 Å². The van der Waals surface area contributed by atoms with Crippen LogP contribution in [0.4, 0.5) is 11.4 Å². The molecule has 1 aromatic carbocycles. The first kappa shape index (κ1) is 13.8. The second-order valence-corrected chi connectivity index (χ2v) is 6.90. The van der Waals surface area contributed by atoms with E-state index in [2.05, 4.69) is 5.32 Å². The number of nitrogens with two attached hydrogens (primary N) is 1. The molecule has 1 heterocycles. The van der Waals surface area contributed by atoms with Gasteiger partial charge in [0.2, 0.25) is 5.91 Å². The maximum atomic E-state index is 11.8. The van der Waals surface area contributed by atoms with Gasteiger partial charge in [-0.1, -0.05) is 0 Å². The third-order valence-corrected chi connectivity index (χ3v) is 4.61. The first-order valence-electron chi connectivity index (χ1n) is 6.03. The van der Waals surface area contributed by atoms with E-state index in [-0.39, 0.29) is 24.0 Å². The maximum Gasteiger partial charge on any atom is 0.238 e. The molecular weight excluding hydrogens is 266 g/mol. The van der Waals surface area contributed by atoms with Gasteiger partial charge in [0.05, 0.1) is 18.1 Å². The Morgan fingerprint density at radius 3 is 2.37 bits per heavy atom. The molecule has 0 aromatic heterocycles. The molecular formula is C12H17N3O3S. The van der Waals surface area contributed by atoms with Crippen LogP contribution in [0.25, 0.3) is 0 Å². The Kier molecular flexibility index (Phi) is 4.06. The first-order chi connectivity index (χ1) is 8.94. The Balaban J connectivity index is 1.83.